The molecule has 1 atom stereocenters. The molecule has 1 amide bonds. The Hall–Kier alpha value is -2.69. The number of hydrogen-bond acceptors (Lipinski definition) is 4. The zero-order valence-electron chi connectivity index (χ0n) is 14.9. The van der Waals surface area contributed by atoms with Crippen LogP contribution in [0, 0.1) is 17.5 Å². The molecule has 1 aliphatic rings. The van der Waals surface area contributed by atoms with Gasteiger partial charge in [0.2, 0.25) is 11.7 Å². The average molecular weight is 418 g/mol. The largest absolute Gasteiger partial charge is 0.451 e. The smallest absolute Gasteiger partial charge is 0.336 e. The number of benzene rings is 1. The van der Waals surface area contributed by atoms with Gasteiger partial charge < -0.3 is 10.6 Å². The maximum Gasteiger partial charge on any atom is 0.451 e. The zero-order valence-corrected chi connectivity index (χ0v) is 14.9. The van der Waals surface area contributed by atoms with Crippen LogP contribution in [-0.4, -0.2) is 33.4 Å². The van der Waals surface area contributed by atoms with Crippen LogP contribution in [-0.2, 0) is 30.4 Å². The molecule has 1 unspecified atom stereocenters. The molecule has 0 radical (unpaired) electrons. The second-order valence-corrected chi connectivity index (χ2v) is 6.75. The minimum atomic E-state index is -4.70. The van der Waals surface area contributed by atoms with Crippen molar-refractivity contribution < 1.29 is 31.1 Å². The summed E-state index contributed by atoms with van der Waals surface area (Å²) in [5.74, 6) is -5.28. The van der Waals surface area contributed by atoms with Crippen LogP contribution in [0.15, 0.2) is 18.3 Å². The van der Waals surface area contributed by atoms with E-state index in [1.165, 1.54) is 4.90 Å². The molecule has 3 rings (SSSR count). The second kappa shape index (κ2) is 7.97. The van der Waals surface area contributed by atoms with Crippen molar-refractivity contribution in [1.82, 2.24) is 14.9 Å². The lowest BCUT2D eigenvalue weighted by Crippen LogP contribution is -2.40. The molecule has 1 aromatic heterocycles. The van der Waals surface area contributed by atoms with E-state index < -0.39 is 41.4 Å². The monoisotopic (exact) mass is 418 g/mol. The average Bonchev–Trinajstić information content (AvgIpc) is 2.64. The van der Waals surface area contributed by atoms with Gasteiger partial charge in [-0.2, -0.15) is 13.2 Å². The van der Waals surface area contributed by atoms with Gasteiger partial charge in [-0.15, -0.1) is 0 Å². The molecule has 11 heteroatoms. The number of carbonyl (C=O) groups excluding carboxylic acids is 1. The molecular weight excluding hydrogens is 402 g/mol. The van der Waals surface area contributed by atoms with E-state index in [1.54, 1.807) is 0 Å². The Balaban J connectivity index is 1.65. The number of hydrogen-bond donors (Lipinski definition) is 1. The van der Waals surface area contributed by atoms with Gasteiger partial charge in [0.05, 0.1) is 12.2 Å². The number of rotatable bonds is 4. The molecule has 1 aromatic carbocycles. The fraction of sp³-hybridized carbons (Fsp3) is 0.389. The number of fused-ring (bicyclic) bond motifs is 1. The van der Waals surface area contributed by atoms with Crippen molar-refractivity contribution in [2.75, 3.05) is 6.54 Å². The van der Waals surface area contributed by atoms with Gasteiger partial charge >= 0.3 is 6.18 Å². The Kier molecular flexibility index (Phi) is 5.78. The third-order valence-corrected chi connectivity index (χ3v) is 4.56. The first-order valence-corrected chi connectivity index (χ1v) is 8.63. The molecule has 5 nitrogen and oxygen atoms in total. The predicted octanol–water partition coefficient (Wildman–Crippen LogP) is 2.76. The minimum absolute atomic E-state index is 0.104. The van der Waals surface area contributed by atoms with Gasteiger partial charge in [0.25, 0.3) is 0 Å². The minimum Gasteiger partial charge on any atom is -0.336 e. The summed E-state index contributed by atoms with van der Waals surface area (Å²) in [6.07, 6.45) is -3.76. The fourth-order valence-electron chi connectivity index (χ4n) is 3.08. The number of alkyl halides is 3. The van der Waals surface area contributed by atoms with Crippen molar-refractivity contribution in [1.29, 1.82) is 0 Å². The van der Waals surface area contributed by atoms with E-state index in [1.807, 2.05) is 0 Å². The van der Waals surface area contributed by atoms with Crippen LogP contribution >= 0.6 is 0 Å². The van der Waals surface area contributed by atoms with Gasteiger partial charge in [0.1, 0.15) is 5.82 Å². The van der Waals surface area contributed by atoms with Gasteiger partial charge in [-0.05, 0) is 30.0 Å². The van der Waals surface area contributed by atoms with Gasteiger partial charge in [-0.25, -0.2) is 23.1 Å². The first-order valence-electron chi connectivity index (χ1n) is 8.63. The number of nitrogens with zero attached hydrogens (tertiary/aromatic N) is 3. The van der Waals surface area contributed by atoms with E-state index in [9.17, 15) is 31.1 Å². The highest BCUT2D eigenvalue weighted by molar-refractivity contribution is 5.77. The highest BCUT2D eigenvalue weighted by Gasteiger charge is 2.36. The zero-order chi connectivity index (χ0) is 21.3. The summed E-state index contributed by atoms with van der Waals surface area (Å²) in [4.78, 5) is 20.6. The van der Waals surface area contributed by atoms with Crippen LogP contribution in [0.4, 0.5) is 26.3 Å². The van der Waals surface area contributed by atoms with E-state index in [4.69, 9.17) is 5.73 Å². The van der Waals surface area contributed by atoms with Gasteiger partial charge in [-0.3, -0.25) is 4.79 Å². The number of amides is 1. The summed E-state index contributed by atoms with van der Waals surface area (Å²) in [5.41, 5.74) is 6.30. The summed E-state index contributed by atoms with van der Waals surface area (Å²) >= 11 is 0. The van der Waals surface area contributed by atoms with Crippen molar-refractivity contribution in [3.05, 3.63) is 58.4 Å². The Labute approximate surface area is 161 Å². The van der Waals surface area contributed by atoms with Crippen molar-refractivity contribution in [2.24, 2.45) is 5.73 Å². The standard InChI is InChI=1S/C18H16F6N4O/c19-12-6-14(21)13(20)4-10(12)3-11(25)5-16(29)28-2-1-9-7-26-17(18(22,23)24)27-15(9)8-28/h4,6-7,11H,1-3,5,8,25H2. The summed E-state index contributed by atoms with van der Waals surface area (Å²) in [6, 6.07) is 0.194. The first-order chi connectivity index (χ1) is 13.5. The van der Waals surface area contributed by atoms with Crippen LogP contribution < -0.4 is 5.73 Å². The Morgan fingerprint density at radius 3 is 2.55 bits per heavy atom. The van der Waals surface area contributed by atoms with Crippen LogP contribution in [0.25, 0.3) is 0 Å². The molecule has 0 spiro atoms. The third-order valence-electron chi connectivity index (χ3n) is 4.56. The SMILES string of the molecule is NC(CC(=O)N1CCc2cnc(C(F)(F)F)nc2C1)Cc1cc(F)c(F)cc1F. The van der Waals surface area contributed by atoms with E-state index >= 15 is 0 Å². The highest BCUT2D eigenvalue weighted by Crippen LogP contribution is 2.28. The van der Waals surface area contributed by atoms with E-state index in [0.717, 1.165) is 6.20 Å². The van der Waals surface area contributed by atoms with Crippen molar-refractivity contribution >= 4 is 5.91 Å². The maximum absolute atomic E-state index is 13.7. The lowest BCUT2D eigenvalue weighted by Gasteiger charge is -2.29. The van der Waals surface area contributed by atoms with Crippen molar-refractivity contribution in [3.63, 3.8) is 0 Å². The Bertz CT molecular complexity index is 933. The lowest BCUT2D eigenvalue weighted by molar-refractivity contribution is -0.145. The highest BCUT2D eigenvalue weighted by atomic mass is 19.4. The molecule has 29 heavy (non-hydrogen) atoms. The van der Waals surface area contributed by atoms with E-state index in [2.05, 4.69) is 9.97 Å². The molecule has 156 valence electrons. The van der Waals surface area contributed by atoms with Crippen LogP contribution in [0.5, 0.6) is 0 Å². The molecule has 0 aliphatic carbocycles. The Morgan fingerprint density at radius 2 is 1.86 bits per heavy atom. The van der Waals surface area contributed by atoms with Crippen molar-refractivity contribution in [2.45, 2.75) is 38.0 Å². The number of halogens is 6. The fourth-order valence-corrected chi connectivity index (χ4v) is 3.08. The molecule has 0 bridgehead atoms. The molecule has 0 saturated carbocycles. The van der Waals surface area contributed by atoms with E-state index in [0.29, 0.717) is 17.7 Å². The molecule has 2 heterocycles. The molecular formula is C18H16F6N4O. The van der Waals surface area contributed by atoms with Gasteiger partial charge in [0, 0.05) is 31.3 Å². The Morgan fingerprint density at radius 1 is 1.17 bits per heavy atom. The van der Waals surface area contributed by atoms with Crippen LogP contribution in [0.1, 0.15) is 29.1 Å². The third kappa shape index (κ3) is 4.84. The molecule has 0 saturated heterocycles. The van der Waals surface area contributed by atoms with Gasteiger partial charge in [0.15, 0.2) is 11.6 Å². The molecule has 1 aliphatic heterocycles. The molecule has 2 aromatic rings. The molecule has 2 N–H and O–H groups in total. The molecule has 0 fully saturated rings. The summed E-state index contributed by atoms with van der Waals surface area (Å²) in [5, 5.41) is 0. The van der Waals surface area contributed by atoms with Crippen LogP contribution in [0.2, 0.25) is 0 Å². The van der Waals surface area contributed by atoms with Crippen LogP contribution in [0.3, 0.4) is 0 Å². The summed E-state index contributed by atoms with van der Waals surface area (Å²) in [7, 11) is 0. The van der Waals surface area contributed by atoms with Gasteiger partial charge in [-0.1, -0.05) is 0 Å². The van der Waals surface area contributed by atoms with Crippen molar-refractivity contribution in [3.8, 4) is 0 Å². The maximum atomic E-state index is 13.7. The predicted molar refractivity (Wildman–Crippen MR) is 88.8 cm³/mol. The number of carbonyl (C=O) groups is 1. The second-order valence-electron chi connectivity index (χ2n) is 6.75. The van der Waals surface area contributed by atoms with E-state index in [-0.39, 0.29) is 43.6 Å². The first kappa shape index (κ1) is 21.0. The number of aromatic nitrogens is 2. The number of nitrogens with two attached hydrogens (primary N) is 1. The topological polar surface area (TPSA) is 72.1 Å². The quantitative estimate of drug-likeness (QED) is 0.612. The lowest BCUT2D eigenvalue weighted by atomic mass is 10.0. The normalized spacial score (nSPS) is 15.2. The summed E-state index contributed by atoms with van der Waals surface area (Å²) < 4.78 is 78.3. The summed E-state index contributed by atoms with van der Waals surface area (Å²) in [6.45, 7) is 0.110.